The number of nitrogens with one attached hydrogen (secondary N) is 1. The van der Waals surface area contributed by atoms with Crippen LogP contribution in [0.15, 0.2) is 28.8 Å². The van der Waals surface area contributed by atoms with Gasteiger partial charge >= 0.3 is 5.97 Å². The number of carbonyl (C=O) groups is 2. The number of hydrogen-bond acceptors (Lipinski definition) is 8. The maximum atomic E-state index is 12.0. The predicted molar refractivity (Wildman–Crippen MR) is 101 cm³/mol. The molecule has 28 heavy (non-hydrogen) atoms. The highest BCUT2D eigenvalue weighted by molar-refractivity contribution is 5.96. The van der Waals surface area contributed by atoms with Crippen LogP contribution in [0.1, 0.15) is 18.2 Å². The number of esters is 1. The topological polar surface area (TPSA) is 109 Å². The van der Waals surface area contributed by atoms with Gasteiger partial charge in [0.2, 0.25) is 5.75 Å². The average molecular weight is 390 g/mol. The van der Waals surface area contributed by atoms with Crippen LogP contribution in [0.4, 0.5) is 5.82 Å². The van der Waals surface area contributed by atoms with Crippen molar-refractivity contribution >= 4 is 23.8 Å². The summed E-state index contributed by atoms with van der Waals surface area (Å²) in [4.78, 5) is 24.0. The molecule has 9 heteroatoms. The smallest absolute Gasteiger partial charge is 0.331 e. The second kappa shape index (κ2) is 9.45. The molecule has 0 saturated carbocycles. The summed E-state index contributed by atoms with van der Waals surface area (Å²) in [6.07, 6.45) is 1.69. The fourth-order valence-electron chi connectivity index (χ4n) is 2.28. The van der Waals surface area contributed by atoms with Gasteiger partial charge in [0.15, 0.2) is 23.4 Å². The lowest BCUT2D eigenvalue weighted by molar-refractivity contribution is -0.148. The van der Waals surface area contributed by atoms with Crippen LogP contribution in [0.25, 0.3) is 6.08 Å². The summed E-state index contributed by atoms with van der Waals surface area (Å²) >= 11 is 0. The number of aromatic nitrogens is 1. The van der Waals surface area contributed by atoms with E-state index in [1.807, 2.05) is 0 Å². The molecule has 2 aromatic rings. The molecule has 0 aliphatic carbocycles. The highest BCUT2D eigenvalue weighted by Gasteiger charge is 2.18. The fraction of sp³-hybridized carbons (Fsp3) is 0.316. The zero-order valence-corrected chi connectivity index (χ0v) is 16.3. The Labute approximate surface area is 162 Å². The third kappa shape index (κ3) is 5.26. The molecule has 1 aromatic carbocycles. The first-order valence-corrected chi connectivity index (χ1v) is 8.30. The molecule has 150 valence electrons. The Hall–Kier alpha value is -3.49. The van der Waals surface area contributed by atoms with Crippen molar-refractivity contribution in [3.8, 4) is 17.2 Å². The monoisotopic (exact) mass is 390 g/mol. The molecule has 1 unspecified atom stereocenters. The Bertz CT molecular complexity index is 848. The third-order valence-electron chi connectivity index (χ3n) is 3.64. The van der Waals surface area contributed by atoms with E-state index in [4.69, 9.17) is 23.5 Å². The Balaban J connectivity index is 2.01. The number of methoxy groups -OCH3 is 3. The van der Waals surface area contributed by atoms with Gasteiger partial charge in [-0.05, 0) is 37.6 Å². The summed E-state index contributed by atoms with van der Waals surface area (Å²) < 4.78 is 25.7. The molecule has 0 fully saturated rings. The van der Waals surface area contributed by atoms with Crippen molar-refractivity contribution in [2.24, 2.45) is 0 Å². The van der Waals surface area contributed by atoms with Crippen molar-refractivity contribution in [1.29, 1.82) is 0 Å². The van der Waals surface area contributed by atoms with Crippen molar-refractivity contribution in [3.63, 3.8) is 0 Å². The SMILES string of the molecule is COc1cc(/C=C/C(=O)OC(C)C(=O)Nc2cc(C)on2)cc(OC)c1OC. The van der Waals surface area contributed by atoms with Gasteiger partial charge in [0.1, 0.15) is 5.76 Å². The summed E-state index contributed by atoms with van der Waals surface area (Å²) in [5.74, 6) is 0.927. The van der Waals surface area contributed by atoms with Crippen LogP contribution in [-0.4, -0.2) is 44.5 Å². The van der Waals surface area contributed by atoms with Gasteiger partial charge in [0, 0.05) is 12.1 Å². The van der Waals surface area contributed by atoms with Crippen molar-refractivity contribution in [3.05, 3.63) is 35.6 Å². The molecule has 1 heterocycles. The number of benzene rings is 1. The number of nitrogens with zero attached hydrogens (tertiary/aromatic N) is 1. The summed E-state index contributed by atoms with van der Waals surface area (Å²) in [7, 11) is 4.49. The second-order valence-electron chi connectivity index (χ2n) is 5.68. The molecule has 0 bridgehead atoms. The van der Waals surface area contributed by atoms with Gasteiger partial charge < -0.3 is 28.8 Å². The van der Waals surface area contributed by atoms with Gasteiger partial charge in [-0.2, -0.15) is 0 Å². The van der Waals surface area contributed by atoms with Gasteiger partial charge in [0.25, 0.3) is 5.91 Å². The number of rotatable bonds is 8. The molecule has 0 aliphatic rings. The molecule has 1 amide bonds. The zero-order valence-electron chi connectivity index (χ0n) is 16.3. The molecule has 1 atom stereocenters. The van der Waals surface area contributed by atoms with E-state index in [9.17, 15) is 9.59 Å². The van der Waals surface area contributed by atoms with Crippen molar-refractivity contribution < 1.29 is 33.1 Å². The highest BCUT2D eigenvalue weighted by Crippen LogP contribution is 2.38. The van der Waals surface area contributed by atoms with Gasteiger partial charge in [-0.3, -0.25) is 4.79 Å². The number of ether oxygens (including phenoxy) is 4. The zero-order chi connectivity index (χ0) is 20.7. The third-order valence-corrected chi connectivity index (χ3v) is 3.64. The minimum absolute atomic E-state index is 0.248. The molecule has 1 N–H and O–H groups in total. The van der Waals surface area contributed by atoms with E-state index in [0.717, 1.165) is 0 Å². The summed E-state index contributed by atoms with van der Waals surface area (Å²) in [6, 6.07) is 4.90. The van der Waals surface area contributed by atoms with Crippen molar-refractivity contribution in [2.45, 2.75) is 20.0 Å². The molecular weight excluding hydrogens is 368 g/mol. The highest BCUT2D eigenvalue weighted by atomic mass is 16.5. The van der Waals surface area contributed by atoms with Gasteiger partial charge in [-0.25, -0.2) is 4.79 Å². The number of carbonyl (C=O) groups excluding carboxylic acids is 2. The Morgan fingerprint density at radius 1 is 1.11 bits per heavy atom. The molecule has 0 saturated heterocycles. The quantitative estimate of drug-likeness (QED) is 0.541. The molecule has 9 nitrogen and oxygen atoms in total. The summed E-state index contributed by atoms with van der Waals surface area (Å²) in [5.41, 5.74) is 0.627. The van der Waals surface area contributed by atoms with E-state index in [0.29, 0.717) is 28.6 Å². The fourth-order valence-corrected chi connectivity index (χ4v) is 2.28. The minimum atomic E-state index is -1.02. The Morgan fingerprint density at radius 3 is 2.25 bits per heavy atom. The van der Waals surface area contributed by atoms with E-state index in [1.54, 1.807) is 25.1 Å². The molecule has 0 spiro atoms. The minimum Gasteiger partial charge on any atom is -0.493 e. The Morgan fingerprint density at radius 2 is 1.75 bits per heavy atom. The molecule has 1 aromatic heterocycles. The first-order valence-electron chi connectivity index (χ1n) is 8.30. The van der Waals surface area contributed by atoms with E-state index < -0.39 is 18.0 Å². The summed E-state index contributed by atoms with van der Waals surface area (Å²) in [5, 5.41) is 6.14. The largest absolute Gasteiger partial charge is 0.493 e. The normalized spacial score (nSPS) is 11.8. The van der Waals surface area contributed by atoms with Crippen LogP contribution in [0, 0.1) is 6.92 Å². The maximum Gasteiger partial charge on any atom is 0.331 e. The second-order valence-corrected chi connectivity index (χ2v) is 5.68. The molecule has 0 radical (unpaired) electrons. The van der Waals surface area contributed by atoms with Crippen LogP contribution < -0.4 is 19.5 Å². The van der Waals surface area contributed by atoms with Crippen LogP contribution in [0.2, 0.25) is 0 Å². The Kier molecular flexibility index (Phi) is 7.02. The maximum absolute atomic E-state index is 12.0. The van der Waals surface area contributed by atoms with E-state index in [-0.39, 0.29) is 5.82 Å². The lowest BCUT2D eigenvalue weighted by Gasteiger charge is -2.13. The van der Waals surface area contributed by atoms with Crippen molar-refractivity contribution in [1.82, 2.24) is 5.16 Å². The van der Waals surface area contributed by atoms with Gasteiger partial charge in [-0.1, -0.05) is 5.16 Å². The van der Waals surface area contributed by atoms with E-state index >= 15 is 0 Å². The van der Waals surface area contributed by atoms with Crippen LogP contribution in [-0.2, 0) is 14.3 Å². The van der Waals surface area contributed by atoms with Crippen molar-refractivity contribution in [2.75, 3.05) is 26.6 Å². The van der Waals surface area contributed by atoms with Gasteiger partial charge in [0.05, 0.1) is 21.3 Å². The first-order chi connectivity index (χ1) is 13.4. The number of anilines is 1. The standard InChI is InChI=1S/C19H22N2O7/c1-11-8-16(21-28-11)20-19(23)12(2)27-17(22)7-6-13-9-14(24-3)18(26-5)15(10-13)25-4/h6-10,12H,1-5H3,(H,20,21,23)/b7-6+. The molecule has 0 aliphatic heterocycles. The van der Waals surface area contributed by atoms with E-state index in [2.05, 4.69) is 10.5 Å². The molecular formula is C19H22N2O7. The lowest BCUT2D eigenvalue weighted by atomic mass is 10.1. The van der Waals surface area contributed by atoms with Crippen LogP contribution in [0.5, 0.6) is 17.2 Å². The lowest BCUT2D eigenvalue weighted by Crippen LogP contribution is -2.29. The summed E-state index contributed by atoms with van der Waals surface area (Å²) in [6.45, 7) is 3.15. The first kappa shape index (κ1) is 20.8. The number of hydrogen-bond donors (Lipinski definition) is 1. The predicted octanol–water partition coefficient (Wildman–Crippen LogP) is 2.59. The van der Waals surface area contributed by atoms with Crippen LogP contribution >= 0.6 is 0 Å². The molecule has 2 rings (SSSR count). The van der Waals surface area contributed by atoms with E-state index in [1.165, 1.54) is 40.4 Å². The number of amides is 1. The van der Waals surface area contributed by atoms with Crippen LogP contribution in [0.3, 0.4) is 0 Å². The number of aryl methyl sites for hydroxylation is 1. The average Bonchev–Trinajstić information content (AvgIpc) is 3.09. The van der Waals surface area contributed by atoms with Gasteiger partial charge in [-0.15, -0.1) is 0 Å².